The van der Waals surface area contributed by atoms with Gasteiger partial charge in [0.25, 0.3) is 0 Å². The summed E-state index contributed by atoms with van der Waals surface area (Å²) >= 11 is 0. The molecule has 1 saturated heterocycles. The van der Waals surface area contributed by atoms with Crippen LogP contribution in [0.1, 0.15) is 219 Å². The molecule has 16 nitrogen and oxygen atoms in total. The summed E-state index contributed by atoms with van der Waals surface area (Å²) in [4.78, 5) is 80.1. The molecule has 0 spiro atoms. The van der Waals surface area contributed by atoms with Crippen LogP contribution in [0.4, 0.5) is 9.59 Å². The molecule has 0 aromatic heterocycles. The molecule has 1 heterocycles. The number of rotatable bonds is 41. The number of benzene rings is 3. The number of carboxylic acid groups (broad SMARTS) is 2. The third-order valence-electron chi connectivity index (χ3n) is 14.3. The first-order valence-corrected chi connectivity index (χ1v) is 29.7. The lowest BCUT2D eigenvalue weighted by atomic mass is 9.92. The molecular weight excluding hydrogens is 1020 g/mol. The van der Waals surface area contributed by atoms with E-state index < -0.39 is 85.8 Å². The molecule has 3 aromatic rings. The fraction of sp³-hybridized carbons (Fsp3) is 0.594. The van der Waals surface area contributed by atoms with Gasteiger partial charge < -0.3 is 48.7 Å². The number of hydrogen-bond donors (Lipinski definition) is 3. The molecule has 0 bridgehead atoms. The number of hydrogen-bond acceptors (Lipinski definition) is 13. The molecule has 1 amide bonds. The maximum atomic E-state index is 14.1. The van der Waals surface area contributed by atoms with Gasteiger partial charge in [-0.25, -0.2) is 24.0 Å². The Morgan fingerprint density at radius 3 is 1.45 bits per heavy atom. The van der Waals surface area contributed by atoms with Crippen molar-refractivity contribution in [2.45, 2.75) is 230 Å². The van der Waals surface area contributed by atoms with Crippen molar-refractivity contribution in [2.24, 2.45) is 0 Å². The van der Waals surface area contributed by atoms with E-state index in [2.05, 4.69) is 19.2 Å². The van der Waals surface area contributed by atoms with E-state index in [0.717, 1.165) is 51.4 Å². The second-order valence-corrected chi connectivity index (χ2v) is 21.0. The number of esters is 3. The molecule has 0 saturated carbocycles. The first kappa shape index (κ1) is 66.3. The van der Waals surface area contributed by atoms with E-state index in [1.54, 1.807) is 72.8 Å². The zero-order chi connectivity index (χ0) is 57.6. The summed E-state index contributed by atoms with van der Waals surface area (Å²) in [5.74, 6) is -5.12. The number of nitrogens with one attached hydrogen (secondary N) is 1. The van der Waals surface area contributed by atoms with Crippen LogP contribution in [0.5, 0.6) is 0 Å². The molecule has 1 aliphatic heterocycles. The fourth-order valence-corrected chi connectivity index (χ4v) is 9.85. The van der Waals surface area contributed by atoms with Crippen molar-refractivity contribution in [3.05, 3.63) is 120 Å². The van der Waals surface area contributed by atoms with Crippen LogP contribution in [-0.4, -0.2) is 102 Å². The van der Waals surface area contributed by atoms with Crippen LogP contribution in [0.2, 0.25) is 0 Å². The molecule has 0 radical (unpaired) electrons. The van der Waals surface area contributed by atoms with E-state index in [1.807, 2.05) is 6.08 Å². The minimum Gasteiger partial charge on any atom is -0.459 e. The highest BCUT2D eigenvalue weighted by Crippen LogP contribution is 2.38. The maximum Gasteiger partial charge on any atom is 0.506 e. The number of allylic oxidation sites excluding steroid dienone is 1. The summed E-state index contributed by atoms with van der Waals surface area (Å²) in [5, 5.41) is 23.2. The van der Waals surface area contributed by atoms with Crippen LogP contribution in [0.25, 0.3) is 0 Å². The van der Waals surface area contributed by atoms with Gasteiger partial charge in [-0.1, -0.05) is 216 Å². The minimum absolute atomic E-state index is 0.0349. The second-order valence-electron chi connectivity index (χ2n) is 21.0. The highest BCUT2D eigenvalue weighted by molar-refractivity contribution is 5.90. The second kappa shape index (κ2) is 39.2. The van der Waals surface area contributed by atoms with Crippen molar-refractivity contribution in [2.75, 3.05) is 13.2 Å². The summed E-state index contributed by atoms with van der Waals surface area (Å²) in [7, 11) is 0. The molecule has 4 rings (SSSR count). The SMILES string of the molecule is CCCCCCCCCCCCC/C=C/[C@@H](OC(=O)c1ccccc1)[C@H](CO[C@]1(C)O[C@H](COC(=O)c2ccccc2)[C@H](OC(=O)O)[C@H](OC(=O)O)[C@H]1OC(=O)c1ccccc1)NC(=O)CCCCCCCCCCCCCCC. The Labute approximate surface area is 475 Å². The Morgan fingerprint density at radius 1 is 0.550 bits per heavy atom. The fourth-order valence-electron chi connectivity index (χ4n) is 9.85. The molecule has 7 atom stereocenters. The van der Waals surface area contributed by atoms with Gasteiger partial charge in [0.15, 0.2) is 18.3 Å². The molecule has 1 aliphatic rings. The highest BCUT2D eigenvalue weighted by Gasteiger charge is 2.60. The lowest BCUT2D eigenvalue weighted by molar-refractivity contribution is -0.356. The number of carbonyl (C=O) groups excluding carboxylic acids is 4. The summed E-state index contributed by atoms with van der Waals surface area (Å²) in [6, 6.07) is 22.9. The van der Waals surface area contributed by atoms with Gasteiger partial charge in [0, 0.05) is 6.42 Å². The summed E-state index contributed by atoms with van der Waals surface area (Å²) in [6.45, 7) is 4.53. The summed E-state index contributed by atoms with van der Waals surface area (Å²) in [6.07, 6.45) is 19.7. The summed E-state index contributed by atoms with van der Waals surface area (Å²) in [5.41, 5.74) is 0.444. The zero-order valence-corrected chi connectivity index (χ0v) is 47.8. The number of carbonyl (C=O) groups is 6. The topological polar surface area (TPSA) is 220 Å². The van der Waals surface area contributed by atoms with Gasteiger partial charge >= 0.3 is 30.2 Å². The number of ether oxygens (including phenoxy) is 7. The monoisotopic (exact) mass is 1110 g/mol. The minimum atomic E-state index is -2.28. The Kier molecular flexibility index (Phi) is 32.5. The van der Waals surface area contributed by atoms with Crippen molar-refractivity contribution < 1.29 is 72.1 Å². The van der Waals surface area contributed by atoms with Gasteiger partial charge in [0.05, 0.1) is 29.3 Å². The predicted octanol–water partition coefficient (Wildman–Crippen LogP) is 14.8. The lowest BCUT2D eigenvalue weighted by Gasteiger charge is -2.49. The molecule has 80 heavy (non-hydrogen) atoms. The van der Waals surface area contributed by atoms with E-state index in [9.17, 15) is 39.0 Å². The van der Waals surface area contributed by atoms with Gasteiger partial charge in [0.2, 0.25) is 11.7 Å². The third kappa shape index (κ3) is 25.9. The molecule has 0 unspecified atom stereocenters. The molecule has 442 valence electrons. The lowest BCUT2D eigenvalue weighted by Crippen LogP contribution is -2.68. The molecule has 16 heteroatoms. The standard InChI is InChI=1S/C64H91NO15/c1-4-6-8-10-12-14-16-18-20-22-24-26-37-45-53(76-60(68)50-41-33-29-34-42-50)52(65-55(66)46-38-27-25-23-21-19-17-15-13-11-9-7-5-2)47-75-64(3)58(79-61(69)51-43-35-30-36-44-51)57(78-63(72)73)56(77-62(70)71)54(80-64)48-74-59(67)49-39-31-28-32-40-49/h28-37,39-45,52-54,56-58H,4-27,38,46-48H2,1-3H3,(H,65,66)(H,70,71)(H,72,73)/b45-37+/t52-,53+,54+,56-,57-,58+,64+/m0/s1. The largest absolute Gasteiger partial charge is 0.506 e. The first-order valence-electron chi connectivity index (χ1n) is 29.7. The van der Waals surface area contributed by atoms with E-state index in [0.29, 0.717) is 12.8 Å². The van der Waals surface area contributed by atoms with Crippen molar-refractivity contribution >= 4 is 36.1 Å². The summed E-state index contributed by atoms with van der Waals surface area (Å²) < 4.78 is 41.5. The molecule has 3 aromatic carbocycles. The molecular formula is C64H91NO15. The van der Waals surface area contributed by atoms with Crippen LogP contribution in [0.15, 0.2) is 103 Å². The van der Waals surface area contributed by atoms with Crippen molar-refractivity contribution in [1.82, 2.24) is 5.32 Å². The van der Waals surface area contributed by atoms with Crippen molar-refractivity contribution in [3.8, 4) is 0 Å². The predicted molar refractivity (Wildman–Crippen MR) is 306 cm³/mol. The number of amides is 1. The number of unbranched alkanes of at least 4 members (excludes halogenated alkanes) is 23. The van der Waals surface area contributed by atoms with E-state index >= 15 is 0 Å². The van der Waals surface area contributed by atoms with Gasteiger partial charge in [-0.3, -0.25) is 4.79 Å². The zero-order valence-electron chi connectivity index (χ0n) is 47.8. The first-order chi connectivity index (χ1) is 38.8. The van der Waals surface area contributed by atoms with Gasteiger partial charge in [-0.2, -0.15) is 0 Å². The van der Waals surface area contributed by atoms with E-state index in [-0.39, 0.29) is 29.0 Å². The Balaban J connectivity index is 1.64. The normalized spacial score (nSPS) is 18.6. The molecule has 0 aliphatic carbocycles. The Hall–Kier alpha value is -6.26. The van der Waals surface area contributed by atoms with Crippen LogP contribution >= 0.6 is 0 Å². The average molecular weight is 1110 g/mol. The average Bonchev–Trinajstić information content (AvgIpc) is 3.52. The Bertz CT molecular complexity index is 2240. The van der Waals surface area contributed by atoms with E-state index in [1.165, 1.54) is 128 Å². The van der Waals surface area contributed by atoms with Gasteiger partial charge in [-0.15, -0.1) is 0 Å². The quantitative estimate of drug-likeness (QED) is 0.0208. The van der Waals surface area contributed by atoms with Crippen LogP contribution in [0.3, 0.4) is 0 Å². The van der Waals surface area contributed by atoms with Crippen molar-refractivity contribution in [1.29, 1.82) is 0 Å². The maximum absolute atomic E-state index is 14.1. The van der Waals surface area contributed by atoms with Crippen LogP contribution in [0, 0.1) is 0 Å². The van der Waals surface area contributed by atoms with Crippen LogP contribution < -0.4 is 5.32 Å². The third-order valence-corrected chi connectivity index (χ3v) is 14.3. The van der Waals surface area contributed by atoms with Gasteiger partial charge in [0.1, 0.15) is 18.8 Å². The smallest absolute Gasteiger partial charge is 0.459 e. The molecule has 1 fully saturated rings. The Morgan fingerprint density at radius 2 is 0.975 bits per heavy atom. The molecule has 3 N–H and O–H groups in total. The van der Waals surface area contributed by atoms with E-state index in [4.69, 9.17) is 33.2 Å². The van der Waals surface area contributed by atoms with Gasteiger partial charge in [-0.05, 0) is 68.7 Å². The van der Waals surface area contributed by atoms with Crippen LogP contribution in [-0.2, 0) is 38.0 Å². The van der Waals surface area contributed by atoms with Crippen molar-refractivity contribution in [3.63, 3.8) is 0 Å². The highest BCUT2D eigenvalue weighted by atomic mass is 16.8.